The molecule has 2 nitrogen and oxygen atoms in total. The van der Waals surface area contributed by atoms with Crippen molar-refractivity contribution in [3.05, 3.63) is 71.8 Å². The lowest BCUT2D eigenvalue weighted by Gasteiger charge is -2.32. The van der Waals surface area contributed by atoms with E-state index in [0.717, 1.165) is 26.2 Å². The first-order valence-electron chi connectivity index (χ1n) is 8.18. The number of hydrogen-bond donors (Lipinski definition) is 0. The van der Waals surface area contributed by atoms with Crippen molar-refractivity contribution < 1.29 is 4.74 Å². The van der Waals surface area contributed by atoms with E-state index in [1.54, 1.807) is 0 Å². The lowest BCUT2D eigenvalue weighted by atomic mass is 9.88. The third kappa shape index (κ3) is 3.96. The molecule has 2 heteroatoms. The van der Waals surface area contributed by atoms with E-state index in [-0.39, 0.29) is 0 Å². The SMILES string of the molecule is CCN(CC)CCOC(C)(c1ccccc1)c1ccccc1. The molecule has 22 heavy (non-hydrogen) atoms. The van der Waals surface area contributed by atoms with Crippen LogP contribution >= 0.6 is 0 Å². The van der Waals surface area contributed by atoms with Gasteiger partial charge in [0.15, 0.2) is 0 Å². The van der Waals surface area contributed by atoms with Gasteiger partial charge in [-0.3, -0.25) is 0 Å². The molecule has 0 fully saturated rings. The van der Waals surface area contributed by atoms with Gasteiger partial charge in [0.05, 0.1) is 6.61 Å². The second kappa shape index (κ2) is 8.11. The van der Waals surface area contributed by atoms with E-state index in [2.05, 4.69) is 74.2 Å². The van der Waals surface area contributed by atoms with Crippen LogP contribution in [-0.4, -0.2) is 31.1 Å². The summed E-state index contributed by atoms with van der Waals surface area (Å²) in [7, 11) is 0. The highest BCUT2D eigenvalue weighted by molar-refractivity contribution is 5.35. The molecule has 0 saturated carbocycles. The van der Waals surface area contributed by atoms with Crippen LogP contribution < -0.4 is 0 Å². The van der Waals surface area contributed by atoms with E-state index < -0.39 is 5.60 Å². The van der Waals surface area contributed by atoms with E-state index in [0.29, 0.717) is 0 Å². The highest BCUT2D eigenvalue weighted by atomic mass is 16.5. The zero-order valence-electron chi connectivity index (χ0n) is 14.0. The second-order valence-electron chi connectivity index (χ2n) is 5.64. The van der Waals surface area contributed by atoms with Crippen LogP contribution in [0.25, 0.3) is 0 Å². The summed E-state index contributed by atoms with van der Waals surface area (Å²) in [5.41, 5.74) is 1.98. The molecule has 0 bridgehead atoms. The maximum atomic E-state index is 6.39. The summed E-state index contributed by atoms with van der Waals surface area (Å²) in [5, 5.41) is 0. The Morgan fingerprint density at radius 1 is 0.818 bits per heavy atom. The zero-order valence-corrected chi connectivity index (χ0v) is 14.0. The largest absolute Gasteiger partial charge is 0.365 e. The number of benzene rings is 2. The predicted octanol–water partition coefficient (Wildman–Crippen LogP) is 4.31. The van der Waals surface area contributed by atoms with Gasteiger partial charge in [0.2, 0.25) is 0 Å². The minimum absolute atomic E-state index is 0.407. The molecular weight excluding hydrogens is 270 g/mol. The number of rotatable bonds is 8. The maximum absolute atomic E-state index is 6.39. The molecule has 0 aliphatic rings. The average Bonchev–Trinajstić information content (AvgIpc) is 2.60. The summed E-state index contributed by atoms with van der Waals surface area (Å²) in [5.74, 6) is 0. The zero-order chi connectivity index (χ0) is 15.8. The van der Waals surface area contributed by atoms with Crippen LogP contribution in [0, 0.1) is 0 Å². The molecule has 0 unspecified atom stereocenters. The minimum atomic E-state index is -0.407. The second-order valence-corrected chi connectivity index (χ2v) is 5.64. The third-order valence-electron chi connectivity index (χ3n) is 4.34. The number of hydrogen-bond acceptors (Lipinski definition) is 2. The van der Waals surface area contributed by atoms with Gasteiger partial charge in [0.1, 0.15) is 5.60 Å². The summed E-state index contributed by atoms with van der Waals surface area (Å²) in [4.78, 5) is 2.39. The Labute approximate surface area is 134 Å². The molecule has 0 aliphatic carbocycles. The van der Waals surface area contributed by atoms with Crippen LogP contribution in [0.3, 0.4) is 0 Å². The first-order chi connectivity index (χ1) is 10.7. The van der Waals surface area contributed by atoms with Gasteiger partial charge in [-0.25, -0.2) is 0 Å². The fourth-order valence-electron chi connectivity index (χ4n) is 2.76. The quantitative estimate of drug-likeness (QED) is 0.720. The van der Waals surface area contributed by atoms with Gasteiger partial charge < -0.3 is 9.64 Å². The number of ether oxygens (including phenoxy) is 1. The Kier molecular flexibility index (Phi) is 6.17. The van der Waals surface area contributed by atoms with Crippen molar-refractivity contribution in [1.29, 1.82) is 0 Å². The summed E-state index contributed by atoms with van der Waals surface area (Å²) >= 11 is 0. The first-order valence-corrected chi connectivity index (χ1v) is 8.18. The molecular formula is C20H27NO. The van der Waals surface area contributed by atoms with E-state index in [4.69, 9.17) is 4.74 Å². The molecule has 0 aliphatic heterocycles. The first kappa shape index (κ1) is 16.7. The van der Waals surface area contributed by atoms with Crippen molar-refractivity contribution >= 4 is 0 Å². The highest BCUT2D eigenvalue weighted by Gasteiger charge is 2.29. The Morgan fingerprint density at radius 3 is 1.68 bits per heavy atom. The Bertz CT molecular complexity index is 495. The molecule has 2 aromatic carbocycles. The van der Waals surface area contributed by atoms with Gasteiger partial charge in [0.25, 0.3) is 0 Å². The minimum Gasteiger partial charge on any atom is -0.365 e. The van der Waals surface area contributed by atoms with Crippen LogP contribution in [0.2, 0.25) is 0 Å². The maximum Gasteiger partial charge on any atom is 0.115 e. The van der Waals surface area contributed by atoms with Crippen molar-refractivity contribution in [1.82, 2.24) is 4.90 Å². The van der Waals surface area contributed by atoms with E-state index >= 15 is 0 Å². The van der Waals surface area contributed by atoms with Crippen molar-refractivity contribution in [3.63, 3.8) is 0 Å². The van der Waals surface area contributed by atoms with Gasteiger partial charge in [-0.1, -0.05) is 74.5 Å². The Morgan fingerprint density at radius 2 is 1.27 bits per heavy atom. The summed E-state index contributed by atoms with van der Waals surface area (Å²) < 4.78 is 6.39. The molecule has 0 spiro atoms. The van der Waals surface area contributed by atoms with Crippen molar-refractivity contribution in [3.8, 4) is 0 Å². The molecule has 2 aromatic rings. The van der Waals surface area contributed by atoms with E-state index in [1.165, 1.54) is 11.1 Å². The standard InChI is InChI=1S/C20H27NO/c1-4-21(5-2)16-17-22-20(3,18-12-8-6-9-13-18)19-14-10-7-11-15-19/h6-15H,4-5,16-17H2,1-3H3. The average molecular weight is 297 g/mol. The van der Waals surface area contributed by atoms with Gasteiger partial charge in [0, 0.05) is 6.54 Å². The fourth-order valence-corrected chi connectivity index (χ4v) is 2.76. The Balaban J connectivity index is 2.20. The van der Waals surface area contributed by atoms with Crippen LogP contribution in [0.15, 0.2) is 60.7 Å². The molecule has 0 radical (unpaired) electrons. The molecule has 2 rings (SSSR count). The van der Waals surface area contributed by atoms with Crippen LogP contribution in [0.4, 0.5) is 0 Å². The lowest BCUT2D eigenvalue weighted by molar-refractivity contribution is -0.0135. The predicted molar refractivity (Wildman–Crippen MR) is 93.1 cm³/mol. The van der Waals surface area contributed by atoms with Crippen molar-refractivity contribution in [2.24, 2.45) is 0 Å². The van der Waals surface area contributed by atoms with Gasteiger partial charge >= 0.3 is 0 Å². The summed E-state index contributed by atoms with van der Waals surface area (Å²) in [6.07, 6.45) is 0. The molecule has 0 heterocycles. The van der Waals surface area contributed by atoms with E-state index in [9.17, 15) is 0 Å². The van der Waals surface area contributed by atoms with Gasteiger partial charge in [-0.2, -0.15) is 0 Å². The molecule has 0 atom stereocenters. The fraction of sp³-hybridized carbons (Fsp3) is 0.400. The number of likely N-dealkylation sites (N-methyl/N-ethyl adjacent to an activating group) is 1. The van der Waals surface area contributed by atoms with E-state index in [1.807, 2.05) is 12.1 Å². The lowest BCUT2D eigenvalue weighted by Crippen LogP contribution is -2.33. The molecule has 0 amide bonds. The summed E-state index contributed by atoms with van der Waals surface area (Å²) in [6.45, 7) is 10.4. The third-order valence-corrected chi connectivity index (χ3v) is 4.34. The summed E-state index contributed by atoms with van der Waals surface area (Å²) in [6, 6.07) is 21.0. The van der Waals surface area contributed by atoms with Crippen molar-refractivity contribution in [2.75, 3.05) is 26.2 Å². The topological polar surface area (TPSA) is 12.5 Å². The van der Waals surface area contributed by atoms with Crippen molar-refractivity contribution in [2.45, 2.75) is 26.4 Å². The smallest absolute Gasteiger partial charge is 0.115 e. The molecule has 0 aromatic heterocycles. The van der Waals surface area contributed by atoms with Crippen LogP contribution in [0.5, 0.6) is 0 Å². The Hall–Kier alpha value is -1.64. The number of nitrogens with zero attached hydrogens (tertiary/aromatic N) is 1. The molecule has 0 N–H and O–H groups in total. The van der Waals surface area contributed by atoms with Gasteiger partial charge in [-0.05, 0) is 31.1 Å². The monoisotopic (exact) mass is 297 g/mol. The van der Waals surface area contributed by atoms with Crippen LogP contribution in [-0.2, 0) is 10.3 Å². The van der Waals surface area contributed by atoms with Crippen LogP contribution in [0.1, 0.15) is 31.9 Å². The highest BCUT2D eigenvalue weighted by Crippen LogP contribution is 2.33. The molecule has 0 saturated heterocycles. The molecule has 118 valence electrons. The normalized spacial score (nSPS) is 11.8. The van der Waals surface area contributed by atoms with Gasteiger partial charge in [-0.15, -0.1) is 0 Å².